The minimum atomic E-state index is -1.75. The lowest BCUT2D eigenvalue weighted by molar-refractivity contribution is -0.116. The molecule has 0 bridgehead atoms. The maximum atomic E-state index is 13.7. The molecule has 2 aromatic heterocycles. The highest BCUT2D eigenvalue weighted by molar-refractivity contribution is 5.90. The van der Waals surface area contributed by atoms with Gasteiger partial charge in [0.15, 0.2) is 17.5 Å². The van der Waals surface area contributed by atoms with Gasteiger partial charge in [0.1, 0.15) is 12.4 Å². The maximum absolute atomic E-state index is 13.7. The van der Waals surface area contributed by atoms with E-state index in [0.717, 1.165) is 16.1 Å². The average molecular weight is 381 g/mol. The fourth-order valence-corrected chi connectivity index (χ4v) is 2.60. The number of aromatic nitrogens is 4. The van der Waals surface area contributed by atoms with Crippen molar-refractivity contribution < 1.29 is 22.4 Å². The van der Waals surface area contributed by atoms with Crippen LogP contribution in [0, 0.1) is 37.1 Å². The Bertz CT molecular complexity index is 1010. The highest BCUT2D eigenvalue weighted by atomic mass is 19.2. The van der Waals surface area contributed by atoms with Crippen molar-refractivity contribution in [3.8, 4) is 0 Å². The van der Waals surface area contributed by atoms with Crippen molar-refractivity contribution >= 4 is 11.6 Å². The van der Waals surface area contributed by atoms with Gasteiger partial charge in [-0.3, -0.25) is 14.2 Å². The first-order valence-corrected chi connectivity index (χ1v) is 7.90. The molecule has 0 aliphatic rings. The Labute approximate surface area is 151 Å². The highest BCUT2D eigenvalue weighted by Crippen LogP contribution is 2.20. The van der Waals surface area contributed by atoms with Crippen LogP contribution >= 0.6 is 0 Å². The van der Waals surface area contributed by atoms with Gasteiger partial charge in [-0.15, -0.1) is 0 Å². The molecule has 0 radical (unpaired) electrons. The van der Waals surface area contributed by atoms with E-state index in [9.17, 15) is 22.4 Å². The number of nitrogens with one attached hydrogen (secondary N) is 1. The molecule has 1 amide bonds. The van der Waals surface area contributed by atoms with Crippen LogP contribution in [0.1, 0.15) is 17.0 Å². The second-order valence-electron chi connectivity index (χ2n) is 6.01. The van der Waals surface area contributed by atoms with Gasteiger partial charge in [0.2, 0.25) is 5.91 Å². The Hall–Kier alpha value is -3.17. The highest BCUT2D eigenvalue weighted by Gasteiger charge is 2.19. The first kappa shape index (κ1) is 18.6. The topological polar surface area (TPSA) is 64.7 Å². The molecule has 1 N–H and O–H groups in total. The van der Waals surface area contributed by atoms with Crippen LogP contribution in [0.15, 0.2) is 24.5 Å². The van der Waals surface area contributed by atoms with Crippen molar-refractivity contribution in [3.05, 3.63) is 64.7 Å². The minimum Gasteiger partial charge on any atom is -0.322 e. The van der Waals surface area contributed by atoms with Crippen LogP contribution in [0.2, 0.25) is 0 Å². The van der Waals surface area contributed by atoms with Gasteiger partial charge in [-0.1, -0.05) is 0 Å². The van der Waals surface area contributed by atoms with Gasteiger partial charge in [0.25, 0.3) is 0 Å². The summed E-state index contributed by atoms with van der Waals surface area (Å²) in [6.45, 7) is 3.14. The molecule has 0 aliphatic heterocycles. The zero-order chi connectivity index (χ0) is 19.7. The summed E-state index contributed by atoms with van der Waals surface area (Å²) < 4.78 is 56.3. The van der Waals surface area contributed by atoms with Crippen LogP contribution in [-0.2, 0) is 17.9 Å². The van der Waals surface area contributed by atoms with Crippen molar-refractivity contribution in [2.45, 2.75) is 26.9 Å². The summed E-state index contributed by atoms with van der Waals surface area (Å²) in [5, 5.41) is 10.6. The number of carbonyl (C=O) groups excluding carboxylic acids is 1. The van der Waals surface area contributed by atoms with Crippen molar-refractivity contribution in [2.75, 3.05) is 5.32 Å². The van der Waals surface area contributed by atoms with Crippen LogP contribution in [-0.4, -0.2) is 25.5 Å². The molecule has 3 rings (SSSR count). The van der Waals surface area contributed by atoms with Gasteiger partial charge < -0.3 is 5.32 Å². The minimum absolute atomic E-state index is 0.0166. The standard InChI is InChI=1S/C17H15F4N5O/c1-9-3-10(2)26(24-9)8-15(27)23-11-5-22-25(6-11)7-12-13(18)4-14(19)17(21)16(12)20/h3-6H,7-8H2,1-2H3,(H,23,27). The molecule has 0 spiro atoms. The predicted octanol–water partition coefficient (Wildman–Crippen LogP) is 2.94. The number of benzene rings is 1. The molecule has 1 aromatic carbocycles. The van der Waals surface area contributed by atoms with Crippen molar-refractivity contribution in [2.24, 2.45) is 0 Å². The van der Waals surface area contributed by atoms with Gasteiger partial charge in [0, 0.05) is 23.5 Å². The van der Waals surface area contributed by atoms with E-state index >= 15 is 0 Å². The summed E-state index contributed by atoms with van der Waals surface area (Å²) in [5.74, 6) is -6.57. The van der Waals surface area contributed by atoms with Gasteiger partial charge in [0.05, 0.1) is 24.1 Å². The van der Waals surface area contributed by atoms with E-state index in [4.69, 9.17) is 0 Å². The summed E-state index contributed by atoms with van der Waals surface area (Å²) in [6.07, 6.45) is 2.59. The molecule has 2 heterocycles. The molecule has 0 saturated carbocycles. The number of anilines is 1. The number of amides is 1. The van der Waals surface area contributed by atoms with Crippen LogP contribution in [0.4, 0.5) is 23.2 Å². The number of hydrogen-bond acceptors (Lipinski definition) is 3. The summed E-state index contributed by atoms with van der Waals surface area (Å²) in [5.41, 5.74) is 1.22. The second-order valence-corrected chi connectivity index (χ2v) is 6.01. The SMILES string of the molecule is Cc1cc(C)n(CC(=O)Nc2cnn(Cc3c(F)cc(F)c(F)c3F)c2)n1. The van der Waals surface area contributed by atoms with Crippen LogP contribution < -0.4 is 5.32 Å². The van der Waals surface area contributed by atoms with Gasteiger partial charge in [-0.05, 0) is 19.9 Å². The Balaban J connectivity index is 1.69. The van der Waals surface area contributed by atoms with Crippen LogP contribution in [0.3, 0.4) is 0 Å². The summed E-state index contributed by atoms with van der Waals surface area (Å²) in [7, 11) is 0. The lowest BCUT2D eigenvalue weighted by Gasteiger charge is -2.07. The molecule has 142 valence electrons. The average Bonchev–Trinajstić information content (AvgIpc) is 3.15. The quantitative estimate of drug-likeness (QED) is 0.420. The number of aryl methyl sites for hydroxylation is 2. The zero-order valence-electron chi connectivity index (χ0n) is 14.4. The Morgan fingerprint density at radius 2 is 1.85 bits per heavy atom. The maximum Gasteiger partial charge on any atom is 0.246 e. The van der Waals surface area contributed by atoms with Crippen molar-refractivity contribution in [3.63, 3.8) is 0 Å². The fraction of sp³-hybridized carbons (Fsp3) is 0.235. The normalized spacial score (nSPS) is 11.0. The lowest BCUT2D eigenvalue weighted by atomic mass is 10.2. The van der Waals surface area contributed by atoms with E-state index in [1.54, 1.807) is 0 Å². The summed E-state index contributed by atoms with van der Waals surface area (Å²) in [4.78, 5) is 12.1. The van der Waals surface area contributed by atoms with E-state index in [1.807, 2.05) is 19.9 Å². The summed E-state index contributed by atoms with van der Waals surface area (Å²) in [6, 6.07) is 2.10. The number of carbonyl (C=O) groups is 1. The van der Waals surface area contributed by atoms with Gasteiger partial charge in [-0.2, -0.15) is 10.2 Å². The van der Waals surface area contributed by atoms with E-state index in [2.05, 4.69) is 15.5 Å². The fourth-order valence-electron chi connectivity index (χ4n) is 2.60. The van der Waals surface area contributed by atoms with Crippen molar-refractivity contribution in [1.82, 2.24) is 19.6 Å². The molecule has 27 heavy (non-hydrogen) atoms. The van der Waals surface area contributed by atoms with E-state index in [1.165, 1.54) is 17.1 Å². The molecule has 0 atom stereocenters. The molecular weight excluding hydrogens is 366 g/mol. The summed E-state index contributed by atoms with van der Waals surface area (Å²) >= 11 is 0. The van der Waals surface area contributed by atoms with Gasteiger partial charge in [-0.25, -0.2) is 17.6 Å². The molecule has 3 aromatic rings. The van der Waals surface area contributed by atoms with Crippen molar-refractivity contribution in [1.29, 1.82) is 0 Å². The first-order chi connectivity index (χ1) is 12.7. The van der Waals surface area contributed by atoms with Gasteiger partial charge >= 0.3 is 0 Å². The molecule has 6 nitrogen and oxygen atoms in total. The molecular formula is C17H15F4N5O. The third-order valence-electron chi connectivity index (χ3n) is 3.84. The Morgan fingerprint density at radius 3 is 2.52 bits per heavy atom. The van der Waals surface area contributed by atoms with Crippen LogP contribution in [0.25, 0.3) is 0 Å². The smallest absolute Gasteiger partial charge is 0.246 e. The number of nitrogens with zero attached hydrogens (tertiary/aromatic N) is 4. The zero-order valence-corrected chi connectivity index (χ0v) is 14.4. The Kier molecular flexibility index (Phi) is 4.98. The number of halogens is 4. The van der Waals surface area contributed by atoms with Crippen LogP contribution in [0.5, 0.6) is 0 Å². The lowest BCUT2D eigenvalue weighted by Crippen LogP contribution is -2.20. The Morgan fingerprint density at radius 1 is 1.11 bits per heavy atom. The largest absolute Gasteiger partial charge is 0.322 e. The molecule has 0 saturated heterocycles. The number of rotatable bonds is 5. The second kappa shape index (κ2) is 7.22. The third-order valence-corrected chi connectivity index (χ3v) is 3.84. The number of hydrogen-bond donors (Lipinski definition) is 1. The van der Waals surface area contributed by atoms with E-state index in [0.29, 0.717) is 0 Å². The molecule has 0 fully saturated rings. The van der Waals surface area contributed by atoms with E-state index in [-0.39, 0.29) is 24.2 Å². The molecule has 0 aliphatic carbocycles. The molecule has 0 unspecified atom stereocenters. The predicted molar refractivity (Wildman–Crippen MR) is 87.9 cm³/mol. The third kappa shape index (κ3) is 3.99. The first-order valence-electron chi connectivity index (χ1n) is 7.90. The van der Waals surface area contributed by atoms with E-state index < -0.39 is 35.4 Å². The molecule has 10 heteroatoms. The monoisotopic (exact) mass is 381 g/mol.